The maximum absolute atomic E-state index is 14.0. The van der Waals surface area contributed by atoms with E-state index >= 15 is 0 Å². The molecule has 1 N–H and O–H groups in total. The van der Waals surface area contributed by atoms with Crippen LogP contribution in [-0.2, 0) is 10.0 Å². The molecule has 0 radical (unpaired) electrons. The van der Waals surface area contributed by atoms with Crippen LogP contribution in [-0.4, -0.2) is 37.5 Å². The minimum absolute atomic E-state index is 0.0718. The van der Waals surface area contributed by atoms with E-state index in [0.717, 1.165) is 29.3 Å². The molecule has 0 aromatic heterocycles. The fourth-order valence-corrected chi connectivity index (χ4v) is 4.34. The lowest BCUT2D eigenvalue weighted by Crippen LogP contribution is -2.40. The number of aliphatic hydroxyl groups excluding tert-OH is 1. The highest BCUT2D eigenvalue weighted by atomic mass is 32.2. The summed E-state index contributed by atoms with van der Waals surface area (Å²) >= 11 is 0. The molecular formula is C15H21F2NO3S. The Kier molecular flexibility index (Phi) is 5.19. The first-order chi connectivity index (χ1) is 10.3. The van der Waals surface area contributed by atoms with Crippen molar-refractivity contribution in [2.45, 2.75) is 43.5 Å². The molecule has 0 amide bonds. The summed E-state index contributed by atoms with van der Waals surface area (Å²) in [6.07, 6.45) is 2.67. The number of hydrogen-bond acceptors (Lipinski definition) is 3. The number of nitrogens with zero attached hydrogens (tertiary/aromatic N) is 1. The molecule has 0 atom stereocenters. The Bertz CT molecular complexity index is 640. The van der Waals surface area contributed by atoms with Gasteiger partial charge in [-0.25, -0.2) is 17.2 Å². The van der Waals surface area contributed by atoms with Gasteiger partial charge in [-0.15, -0.1) is 0 Å². The molecule has 1 aromatic carbocycles. The average Bonchev–Trinajstić information content (AvgIpc) is 2.50. The van der Waals surface area contributed by atoms with Crippen LogP contribution in [0.25, 0.3) is 0 Å². The van der Waals surface area contributed by atoms with Gasteiger partial charge in [0, 0.05) is 19.7 Å². The first-order valence-electron chi connectivity index (χ1n) is 7.32. The van der Waals surface area contributed by atoms with Crippen LogP contribution in [0, 0.1) is 24.5 Å². The van der Waals surface area contributed by atoms with Crippen LogP contribution in [0.5, 0.6) is 0 Å². The second kappa shape index (κ2) is 6.60. The molecule has 0 unspecified atom stereocenters. The predicted molar refractivity (Wildman–Crippen MR) is 78.9 cm³/mol. The van der Waals surface area contributed by atoms with E-state index in [9.17, 15) is 17.2 Å². The van der Waals surface area contributed by atoms with Crippen molar-refractivity contribution in [2.75, 3.05) is 13.7 Å². The van der Waals surface area contributed by atoms with Gasteiger partial charge in [-0.2, -0.15) is 4.31 Å². The molecule has 22 heavy (non-hydrogen) atoms. The maximum Gasteiger partial charge on any atom is 0.246 e. The predicted octanol–water partition coefficient (Wildman–Crippen LogP) is 2.44. The monoisotopic (exact) mass is 333 g/mol. The third kappa shape index (κ3) is 3.31. The van der Waals surface area contributed by atoms with E-state index in [1.165, 1.54) is 14.0 Å². The van der Waals surface area contributed by atoms with Gasteiger partial charge in [-0.1, -0.05) is 0 Å². The van der Waals surface area contributed by atoms with Crippen LogP contribution in [0.15, 0.2) is 17.0 Å². The van der Waals surface area contributed by atoms with Crippen LogP contribution in [0.1, 0.15) is 31.2 Å². The lowest BCUT2D eigenvalue weighted by molar-refractivity contribution is 0.159. The number of aliphatic hydroxyl groups is 1. The number of sulfonamides is 1. The first kappa shape index (κ1) is 17.3. The van der Waals surface area contributed by atoms with Crippen molar-refractivity contribution in [1.29, 1.82) is 0 Å². The van der Waals surface area contributed by atoms with Crippen LogP contribution in [0.2, 0.25) is 0 Å². The van der Waals surface area contributed by atoms with Gasteiger partial charge in [0.05, 0.1) is 0 Å². The number of rotatable bonds is 4. The summed E-state index contributed by atoms with van der Waals surface area (Å²) in [6.45, 7) is 1.48. The van der Waals surface area contributed by atoms with Gasteiger partial charge in [0.2, 0.25) is 10.0 Å². The van der Waals surface area contributed by atoms with Crippen molar-refractivity contribution < 1.29 is 22.3 Å². The highest BCUT2D eigenvalue weighted by Crippen LogP contribution is 2.30. The molecule has 7 heteroatoms. The van der Waals surface area contributed by atoms with Crippen LogP contribution >= 0.6 is 0 Å². The Labute approximate surface area is 129 Å². The molecule has 1 fully saturated rings. The fraction of sp³-hybridized carbons (Fsp3) is 0.600. The molecule has 4 nitrogen and oxygen atoms in total. The molecule has 0 bridgehead atoms. The zero-order chi connectivity index (χ0) is 16.5. The van der Waals surface area contributed by atoms with Gasteiger partial charge < -0.3 is 5.11 Å². The number of aryl methyl sites for hydroxylation is 1. The lowest BCUT2D eigenvalue weighted by Gasteiger charge is -2.33. The summed E-state index contributed by atoms with van der Waals surface area (Å²) in [7, 11) is -2.68. The summed E-state index contributed by atoms with van der Waals surface area (Å²) in [4.78, 5) is -0.623. The Hall–Kier alpha value is -1.05. The highest BCUT2D eigenvalue weighted by Gasteiger charge is 2.33. The van der Waals surface area contributed by atoms with E-state index in [2.05, 4.69) is 0 Å². The number of hydrogen-bond donors (Lipinski definition) is 1. The molecule has 0 aliphatic heterocycles. The van der Waals surface area contributed by atoms with Crippen molar-refractivity contribution in [3.63, 3.8) is 0 Å². The van der Waals surface area contributed by atoms with Gasteiger partial charge in [0.1, 0.15) is 16.5 Å². The quantitative estimate of drug-likeness (QED) is 0.921. The van der Waals surface area contributed by atoms with E-state index in [4.69, 9.17) is 5.11 Å². The molecule has 0 spiro atoms. The van der Waals surface area contributed by atoms with Gasteiger partial charge in [-0.05, 0) is 56.2 Å². The smallest absolute Gasteiger partial charge is 0.246 e. The highest BCUT2D eigenvalue weighted by molar-refractivity contribution is 7.89. The van der Waals surface area contributed by atoms with Crippen molar-refractivity contribution in [3.05, 3.63) is 29.3 Å². The van der Waals surface area contributed by atoms with Gasteiger partial charge in [0.25, 0.3) is 0 Å². The normalized spacial score (nSPS) is 23.0. The summed E-state index contributed by atoms with van der Waals surface area (Å²) in [5, 5.41) is 9.12. The van der Waals surface area contributed by atoms with Crippen LogP contribution < -0.4 is 0 Å². The van der Waals surface area contributed by atoms with Crippen LogP contribution in [0.4, 0.5) is 8.78 Å². The molecule has 0 heterocycles. The summed E-state index contributed by atoms with van der Waals surface area (Å²) < 4.78 is 53.8. The van der Waals surface area contributed by atoms with E-state index in [0.29, 0.717) is 12.8 Å². The second-order valence-corrected chi connectivity index (χ2v) is 7.88. The second-order valence-electron chi connectivity index (χ2n) is 5.91. The largest absolute Gasteiger partial charge is 0.396 e. The third-order valence-electron chi connectivity index (χ3n) is 4.46. The minimum atomic E-state index is -4.08. The van der Waals surface area contributed by atoms with Crippen LogP contribution in [0.3, 0.4) is 0 Å². The summed E-state index contributed by atoms with van der Waals surface area (Å²) in [6, 6.07) is 1.39. The molecular weight excluding hydrogens is 312 g/mol. The molecule has 1 saturated carbocycles. The average molecular weight is 333 g/mol. The molecule has 124 valence electrons. The summed E-state index contributed by atoms with van der Waals surface area (Å²) in [5.74, 6) is -1.48. The van der Waals surface area contributed by atoms with Gasteiger partial charge in [0.15, 0.2) is 0 Å². The van der Waals surface area contributed by atoms with Crippen molar-refractivity contribution in [2.24, 2.45) is 5.92 Å². The fourth-order valence-electron chi connectivity index (χ4n) is 2.87. The standard InChI is InChI=1S/C15H21F2NO3S/c1-10-7-14(17)15(8-13(10)16)22(20,21)18(2)12-5-3-11(9-19)4-6-12/h7-8,11-12,19H,3-6,9H2,1-2H3. The molecule has 0 saturated heterocycles. The Morgan fingerprint density at radius 1 is 1.18 bits per heavy atom. The topological polar surface area (TPSA) is 57.6 Å². The van der Waals surface area contributed by atoms with Crippen molar-refractivity contribution in [3.8, 4) is 0 Å². The van der Waals surface area contributed by atoms with Gasteiger partial charge >= 0.3 is 0 Å². The maximum atomic E-state index is 14.0. The Morgan fingerprint density at radius 3 is 2.32 bits per heavy atom. The lowest BCUT2D eigenvalue weighted by atomic mass is 9.87. The SMILES string of the molecule is Cc1cc(F)c(S(=O)(=O)N(C)C2CCC(CO)CC2)cc1F. The zero-order valence-electron chi connectivity index (χ0n) is 12.7. The Balaban J connectivity index is 2.25. The zero-order valence-corrected chi connectivity index (χ0v) is 13.5. The number of halogens is 2. The first-order valence-corrected chi connectivity index (χ1v) is 8.76. The van der Waals surface area contributed by atoms with Crippen molar-refractivity contribution in [1.82, 2.24) is 4.31 Å². The van der Waals surface area contributed by atoms with Crippen molar-refractivity contribution >= 4 is 10.0 Å². The van der Waals surface area contributed by atoms with E-state index in [-0.39, 0.29) is 24.1 Å². The Morgan fingerprint density at radius 2 is 1.77 bits per heavy atom. The molecule has 1 aliphatic rings. The molecule has 2 rings (SSSR count). The minimum Gasteiger partial charge on any atom is -0.396 e. The van der Waals surface area contributed by atoms with E-state index < -0.39 is 26.6 Å². The van der Waals surface area contributed by atoms with Gasteiger partial charge in [-0.3, -0.25) is 0 Å². The number of benzene rings is 1. The summed E-state index contributed by atoms with van der Waals surface area (Å²) in [5.41, 5.74) is 0.0718. The van der Waals surface area contributed by atoms with E-state index in [1.54, 1.807) is 0 Å². The molecule has 1 aliphatic carbocycles. The van der Waals surface area contributed by atoms with E-state index in [1.807, 2.05) is 0 Å². The third-order valence-corrected chi connectivity index (χ3v) is 6.38. The molecule has 1 aromatic rings.